The number of nitrogens with one attached hydrogen (secondary N) is 1. The topological polar surface area (TPSA) is 59.8 Å². The molecule has 0 bridgehead atoms. The van der Waals surface area contributed by atoms with Crippen molar-refractivity contribution in [1.82, 2.24) is 14.8 Å². The molecule has 1 N–H and O–H groups in total. The SMILES string of the molecule is Cc1nc(C(=O)Nc2ccccc2F)nn1-c1ccc(F)cc1. The normalized spacial score (nSPS) is 10.6. The van der Waals surface area contributed by atoms with Crippen molar-refractivity contribution in [2.45, 2.75) is 6.92 Å². The molecule has 2 aromatic carbocycles. The summed E-state index contributed by atoms with van der Waals surface area (Å²) in [4.78, 5) is 16.2. The number of carbonyl (C=O) groups excluding carboxylic acids is 1. The highest BCUT2D eigenvalue weighted by molar-refractivity contribution is 6.01. The van der Waals surface area contributed by atoms with Crippen LogP contribution in [-0.2, 0) is 0 Å². The molecule has 7 heteroatoms. The summed E-state index contributed by atoms with van der Waals surface area (Å²) >= 11 is 0. The first-order chi connectivity index (χ1) is 11.0. The molecular weight excluding hydrogens is 302 g/mol. The van der Waals surface area contributed by atoms with Crippen LogP contribution in [0.4, 0.5) is 14.5 Å². The summed E-state index contributed by atoms with van der Waals surface area (Å²) in [5, 5.41) is 6.50. The van der Waals surface area contributed by atoms with Crippen molar-refractivity contribution in [2.75, 3.05) is 5.32 Å². The van der Waals surface area contributed by atoms with Crippen LogP contribution in [0, 0.1) is 18.6 Å². The first-order valence-corrected chi connectivity index (χ1v) is 6.80. The number of anilines is 1. The van der Waals surface area contributed by atoms with Crippen LogP contribution in [0.3, 0.4) is 0 Å². The molecule has 0 aliphatic rings. The van der Waals surface area contributed by atoms with E-state index in [1.165, 1.54) is 47.1 Å². The monoisotopic (exact) mass is 314 g/mol. The average molecular weight is 314 g/mol. The fraction of sp³-hybridized carbons (Fsp3) is 0.0625. The van der Waals surface area contributed by atoms with E-state index in [-0.39, 0.29) is 17.3 Å². The van der Waals surface area contributed by atoms with E-state index in [4.69, 9.17) is 0 Å². The molecule has 1 aromatic heterocycles. The Morgan fingerprint density at radius 1 is 1.09 bits per heavy atom. The van der Waals surface area contributed by atoms with Gasteiger partial charge in [0, 0.05) is 0 Å². The minimum absolute atomic E-state index is 0.0493. The van der Waals surface area contributed by atoms with Gasteiger partial charge in [-0.1, -0.05) is 12.1 Å². The number of nitrogens with zero attached hydrogens (tertiary/aromatic N) is 3. The highest BCUT2D eigenvalue weighted by atomic mass is 19.1. The molecule has 1 heterocycles. The predicted octanol–water partition coefficient (Wildman–Crippen LogP) is 3.11. The van der Waals surface area contributed by atoms with Crippen LogP contribution in [0.15, 0.2) is 48.5 Å². The van der Waals surface area contributed by atoms with E-state index in [2.05, 4.69) is 15.4 Å². The molecule has 116 valence electrons. The van der Waals surface area contributed by atoms with Crippen LogP contribution in [0.1, 0.15) is 16.4 Å². The maximum atomic E-state index is 13.6. The molecule has 1 amide bonds. The minimum atomic E-state index is -0.626. The largest absolute Gasteiger partial charge is 0.317 e. The summed E-state index contributed by atoms with van der Waals surface area (Å²) in [5.41, 5.74) is 0.620. The van der Waals surface area contributed by atoms with Crippen molar-refractivity contribution in [1.29, 1.82) is 0 Å². The fourth-order valence-corrected chi connectivity index (χ4v) is 2.05. The zero-order valence-electron chi connectivity index (χ0n) is 12.1. The lowest BCUT2D eigenvalue weighted by molar-refractivity contribution is 0.101. The van der Waals surface area contributed by atoms with Crippen molar-refractivity contribution in [2.24, 2.45) is 0 Å². The number of hydrogen-bond acceptors (Lipinski definition) is 3. The van der Waals surface area contributed by atoms with E-state index < -0.39 is 11.7 Å². The van der Waals surface area contributed by atoms with Gasteiger partial charge in [0.25, 0.3) is 5.91 Å². The summed E-state index contributed by atoms with van der Waals surface area (Å²) in [7, 11) is 0. The van der Waals surface area contributed by atoms with E-state index in [1.807, 2.05) is 0 Å². The van der Waals surface area contributed by atoms with E-state index in [1.54, 1.807) is 13.0 Å². The smallest absolute Gasteiger partial charge is 0.295 e. The fourth-order valence-electron chi connectivity index (χ4n) is 2.05. The van der Waals surface area contributed by atoms with Crippen LogP contribution < -0.4 is 5.32 Å². The molecule has 5 nitrogen and oxygen atoms in total. The van der Waals surface area contributed by atoms with Gasteiger partial charge in [-0.2, -0.15) is 0 Å². The summed E-state index contributed by atoms with van der Waals surface area (Å²) in [6.07, 6.45) is 0. The Hall–Kier alpha value is -3.09. The summed E-state index contributed by atoms with van der Waals surface area (Å²) in [6, 6.07) is 11.4. The van der Waals surface area contributed by atoms with Gasteiger partial charge in [0.05, 0.1) is 11.4 Å². The average Bonchev–Trinajstić information content (AvgIpc) is 2.92. The van der Waals surface area contributed by atoms with E-state index in [0.29, 0.717) is 11.5 Å². The summed E-state index contributed by atoms with van der Waals surface area (Å²) < 4.78 is 27.9. The van der Waals surface area contributed by atoms with Crippen molar-refractivity contribution in [3.8, 4) is 5.69 Å². The minimum Gasteiger partial charge on any atom is -0.317 e. The molecule has 0 aliphatic heterocycles. The Morgan fingerprint density at radius 2 is 1.78 bits per heavy atom. The Morgan fingerprint density at radius 3 is 2.48 bits per heavy atom. The van der Waals surface area contributed by atoms with E-state index in [9.17, 15) is 13.6 Å². The second kappa shape index (κ2) is 5.96. The Bertz CT molecular complexity index is 859. The molecule has 3 rings (SSSR count). The first-order valence-electron chi connectivity index (χ1n) is 6.80. The van der Waals surface area contributed by atoms with Gasteiger partial charge >= 0.3 is 0 Å². The molecule has 0 fully saturated rings. The number of halogens is 2. The molecule has 3 aromatic rings. The van der Waals surface area contributed by atoms with Crippen LogP contribution in [0.25, 0.3) is 5.69 Å². The molecule has 0 saturated heterocycles. The second-order valence-electron chi connectivity index (χ2n) is 4.80. The predicted molar refractivity (Wildman–Crippen MR) is 80.4 cm³/mol. The van der Waals surface area contributed by atoms with Crippen LogP contribution in [-0.4, -0.2) is 20.7 Å². The number of aromatic nitrogens is 3. The number of carbonyl (C=O) groups is 1. The first kappa shape index (κ1) is 14.8. The van der Waals surface area contributed by atoms with Gasteiger partial charge in [0.15, 0.2) is 0 Å². The van der Waals surface area contributed by atoms with Crippen molar-refractivity contribution in [3.63, 3.8) is 0 Å². The lowest BCUT2D eigenvalue weighted by Gasteiger charge is -2.03. The Balaban J connectivity index is 1.87. The van der Waals surface area contributed by atoms with Crippen LogP contribution >= 0.6 is 0 Å². The number of benzene rings is 2. The number of rotatable bonds is 3. The van der Waals surface area contributed by atoms with E-state index in [0.717, 1.165) is 0 Å². The standard InChI is InChI=1S/C16H12F2N4O/c1-10-19-15(16(23)20-14-5-3-2-4-13(14)18)21-22(10)12-8-6-11(17)7-9-12/h2-9H,1H3,(H,20,23). The molecule has 0 radical (unpaired) electrons. The third-order valence-electron chi connectivity index (χ3n) is 3.17. The number of hydrogen-bond donors (Lipinski definition) is 1. The Kier molecular flexibility index (Phi) is 3.84. The maximum Gasteiger partial charge on any atom is 0.295 e. The van der Waals surface area contributed by atoms with Crippen molar-refractivity contribution in [3.05, 3.63) is 71.8 Å². The molecular formula is C16H12F2N4O. The van der Waals surface area contributed by atoms with Gasteiger partial charge in [0.2, 0.25) is 5.82 Å². The third-order valence-corrected chi connectivity index (χ3v) is 3.17. The zero-order valence-corrected chi connectivity index (χ0v) is 12.1. The van der Waals surface area contributed by atoms with E-state index >= 15 is 0 Å². The highest BCUT2D eigenvalue weighted by Crippen LogP contribution is 2.14. The van der Waals surface area contributed by atoms with Gasteiger partial charge in [-0.3, -0.25) is 4.79 Å². The number of para-hydroxylation sites is 1. The number of aryl methyl sites for hydroxylation is 1. The van der Waals surface area contributed by atoms with Gasteiger partial charge in [-0.15, -0.1) is 5.10 Å². The third kappa shape index (κ3) is 3.08. The van der Waals surface area contributed by atoms with Gasteiger partial charge in [-0.25, -0.2) is 18.4 Å². The van der Waals surface area contributed by atoms with Gasteiger partial charge in [0.1, 0.15) is 17.5 Å². The van der Waals surface area contributed by atoms with Gasteiger partial charge < -0.3 is 5.32 Å². The molecule has 0 atom stereocenters. The lowest BCUT2D eigenvalue weighted by Crippen LogP contribution is -2.15. The quantitative estimate of drug-likeness (QED) is 0.808. The Labute approximate surface area is 130 Å². The molecule has 0 saturated carbocycles. The number of amides is 1. The van der Waals surface area contributed by atoms with Gasteiger partial charge in [-0.05, 0) is 43.3 Å². The highest BCUT2D eigenvalue weighted by Gasteiger charge is 2.16. The van der Waals surface area contributed by atoms with Crippen molar-refractivity contribution >= 4 is 11.6 Å². The van der Waals surface area contributed by atoms with Crippen LogP contribution in [0.2, 0.25) is 0 Å². The van der Waals surface area contributed by atoms with Crippen molar-refractivity contribution < 1.29 is 13.6 Å². The molecule has 23 heavy (non-hydrogen) atoms. The summed E-state index contributed by atoms with van der Waals surface area (Å²) in [5.74, 6) is -1.19. The molecule has 0 aliphatic carbocycles. The molecule has 0 spiro atoms. The maximum absolute atomic E-state index is 13.6. The van der Waals surface area contributed by atoms with Crippen LogP contribution in [0.5, 0.6) is 0 Å². The zero-order chi connectivity index (χ0) is 16.4. The summed E-state index contributed by atoms with van der Waals surface area (Å²) in [6.45, 7) is 1.66. The molecule has 0 unspecified atom stereocenters. The lowest BCUT2D eigenvalue weighted by atomic mass is 10.3. The second-order valence-corrected chi connectivity index (χ2v) is 4.80.